The van der Waals surface area contributed by atoms with Gasteiger partial charge in [0.25, 0.3) is 0 Å². The zero-order valence-corrected chi connectivity index (χ0v) is 14.8. The van der Waals surface area contributed by atoms with Crippen LogP contribution in [0.1, 0.15) is 26.2 Å². The van der Waals surface area contributed by atoms with Gasteiger partial charge >= 0.3 is 0 Å². The lowest BCUT2D eigenvalue weighted by Gasteiger charge is -2.35. The van der Waals surface area contributed by atoms with Crippen molar-refractivity contribution in [3.05, 3.63) is 0 Å². The van der Waals surface area contributed by atoms with E-state index < -0.39 is 9.84 Å². The first-order valence-corrected chi connectivity index (χ1v) is 10.5. The molecule has 1 atom stereocenters. The van der Waals surface area contributed by atoms with E-state index in [1.54, 1.807) is 0 Å². The van der Waals surface area contributed by atoms with Crippen LogP contribution >= 0.6 is 31.9 Å². The Morgan fingerprint density at radius 1 is 1.28 bits per heavy atom. The molecule has 0 aromatic heterocycles. The van der Waals surface area contributed by atoms with E-state index >= 15 is 0 Å². The molecule has 1 saturated heterocycles. The first-order valence-electron chi connectivity index (χ1n) is 6.40. The first-order chi connectivity index (χ1) is 8.49. The third-order valence-electron chi connectivity index (χ3n) is 3.72. The zero-order chi connectivity index (χ0) is 13.6. The zero-order valence-electron chi connectivity index (χ0n) is 10.8. The number of alkyl halides is 2. The van der Waals surface area contributed by atoms with Crippen LogP contribution in [0.25, 0.3) is 0 Å². The summed E-state index contributed by atoms with van der Waals surface area (Å²) >= 11 is 7.14. The standard InChI is InChI=1S/C12H22Br2O3S/c1-2-5-17-6-4-12(9-13,10-14)11-3-7-18(15,16)8-11/h11H,2-10H2,1H3. The van der Waals surface area contributed by atoms with Crippen molar-refractivity contribution in [3.63, 3.8) is 0 Å². The van der Waals surface area contributed by atoms with E-state index in [4.69, 9.17) is 4.74 Å². The average Bonchev–Trinajstić information content (AvgIpc) is 2.71. The van der Waals surface area contributed by atoms with Gasteiger partial charge in [-0.3, -0.25) is 0 Å². The number of hydrogen-bond acceptors (Lipinski definition) is 3. The van der Waals surface area contributed by atoms with E-state index in [9.17, 15) is 8.42 Å². The molecule has 1 fully saturated rings. The van der Waals surface area contributed by atoms with Crippen molar-refractivity contribution in [1.82, 2.24) is 0 Å². The third kappa shape index (κ3) is 4.46. The fraction of sp³-hybridized carbons (Fsp3) is 1.00. The van der Waals surface area contributed by atoms with Gasteiger partial charge in [-0.25, -0.2) is 8.42 Å². The van der Waals surface area contributed by atoms with Crippen molar-refractivity contribution in [1.29, 1.82) is 0 Å². The van der Waals surface area contributed by atoms with Gasteiger partial charge in [-0.2, -0.15) is 0 Å². The smallest absolute Gasteiger partial charge is 0.150 e. The summed E-state index contributed by atoms with van der Waals surface area (Å²) in [6.07, 6.45) is 2.71. The maximum Gasteiger partial charge on any atom is 0.150 e. The molecule has 0 N–H and O–H groups in total. The van der Waals surface area contributed by atoms with Gasteiger partial charge in [-0.05, 0) is 30.6 Å². The van der Waals surface area contributed by atoms with E-state index in [1.165, 1.54) is 0 Å². The Bertz CT molecular complexity index is 339. The van der Waals surface area contributed by atoms with Gasteiger partial charge in [0.1, 0.15) is 0 Å². The second-order valence-electron chi connectivity index (χ2n) is 5.09. The molecule has 3 nitrogen and oxygen atoms in total. The van der Waals surface area contributed by atoms with Crippen molar-refractivity contribution in [2.45, 2.75) is 26.2 Å². The number of halogens is 2. The van der Waals surface area contributed by atoms with Crippen molar-refractivity contribution in [2.24, 2.45) is 11.3 Å². The molecule has 0 saturated carbocycles. The molecular weight excluding hydrogens is 384 g/mol. The van der Waals surface area contributed by atoms with Gasteiger partial charge in [0.05, 0.1) is 11.5 Å². The van der Waals surface area contributed by atoms with Crippen molar-refractivity contribution in [2.75, 3.05) is 35.4 Å². The molecule has 1 aliphatic heterocycles. The van der Waals surface area contributed by atoms with Gasteiger partial charge in [-0.15, -0.1) is 0 Å². The van der Waals surface area contributed by atoms with E-state index in [1.807, 2.05) is 0 Å². The second-order valence-corrected chi connectivity index (χ2v) is 8.44. The van der Waals surface area contributed by atoms with E-state index in [0.29, 0.717) is 18.1 Å². The molecule has 0 bridgehead atoms. The van der Waals surface area contributed by atoms with Crippen LogP contribution in [-0.4, -0.2) is 43.8 Å². The molecule has 6 heteroatoms. The Morgan fingerprint density at radius 2 is 1.94 bits per heavy atom. The first kappa shape index (κ1) is 16.9. The highest BCUT2D eigenvalue weighted by Gasteiger charge is 2.43. The predicted molar refractivity (Wildman–Crippen MR) is 82.5 cm³/mol. The Morgan fingerprint density at radius 3 is 2.39 bits per heavy atom. The second kappa shape index (κ2) is 7.60. The highest BCUT2D eigenvalue weighted by atomic mass is 79.9. The van der Waals surface area contributed by atoms with Crippen LogP contribution in [0.4, 0.5) is 0 Å². The van der Waals surface area contributed by atoms with Crippen LogP contribution < -0.4 is 0 Å². The fourth-order valence-corrected chi connectivity index (χ4v) is 6.74. The quantitative estimate of drug-likeness (QED) is 0.460. The molecule has 0 amide bonds. The van der Waals surface area contributed by atoms with Gasteiger partial charge in [0.15, 0.2) is 9.84 Å². The summed E-state index contributed by atoms with van der Waals surface area (Å²) in [5.41, 5.74) is -0.00267. The van der Waals surface area contributed by atoms with Gasteiger partial charge in [0.2, 0.25) is 0 Å². The minimum atomic E-state index is -2.82. The normalized spacial score (nSPS) is 23.4. The largest absolute Gasteiger partial charge is 0.381 e. The summed E-state index contributed by atoms with van der Waals surface area (Å²) in [7, 11) is -2.82. The highest BCUT2D eigenvalue weighted by Crippen LogP contribution is 2.41. The summed E-state index contributed by atoms with van der Waals surface area (Å²) in [6, 6.07) is 0. The summed E-state index contributed by atoms with van der Waals surface area (Å²) in [5, 5.41) is 1.64. The van der Waals surface area contributed by atoms with Crippen LogP contribution in [-0.2, 0) is 14.6 Å². The molecule has 0 aliphatic carbocycles. The Kier molecular flexibility index (Phi) is 7.14. The fourth-order valence-electron chi connectivity index (χ4n) is 2.39. The average molecular weight is 406 g/mol. The number of sulfone groups is 1. The number of hydrogen-bond donors (Lipinski definition) is 0. The van der Waals surface area contributed by atoms with Crippen LogP contribution in [0.15, 0.2) is 0 Å². The molecule has 0 radical (unpaired) electrons. The number of rotatable bonds is 8. The van der Waals surface area contributed by atoms with E-state index in [0.717, 1.165) is 36.5 Å². The molecule has 1 unspecified atom stereocenters. The van der Waals surface area contributed by atoms with E-state index in [2.05, 4.69) is 38.8 Å². The van der Waals surface area contributed by atoms with Crippen LogP contribution in [0.2, 0.25) is 0 Å². The van der Waals surface area contributed by atoms with Crippen LogP contribution in [0, 0.1) is 11.3 Å². The summed E-state index contributed by atoms with van der Waals surface area (Å²) in [6.45, 7) is 3.58. The van der Waals surface area contributed by atoms with E-state index in [-0.39, 0.29) is 11.3 Å². The molecule has 1 rings (SSSR count). The topological polar surface area (TPSA) is 43.4 Å². The maximum absolute atomic E-state index is 11.6. The minimum absolute atomic E-state index is 0.00267. The van der Waals surface area contributed by atoms with Crippen molar-refractivity contribution in [3.8, 4) is 0 Å². The van der Waals surface area contributed by atoms with Crippen LogP contribution in [0.3, 0.4) is 0 Å². The number of ether oxygens (including phenoxy) is 1. The summed E-state index contributed by atoms with van der Waals surface area (Å²) < 4.78 is 28.8. The third-order valence-corrected chi connectivity index (χ3v) is 7.72. The molecular formula is C12H22Br2O3S. The lowest BCUT2D eigenvalue weighted by Crippen LogP contribution is -2.36. The van der Waals surface area contributed by atoms with Crippen molar-refractivity contribution >= 4 is 41.7 Å². The highest BCUT2D eigenvalue weighted by molar-refractivity contribution is 9.09. The molecule has 0 spiro atoms. The molecule has 1 aliphatic rings. The lowest BCUT2D eigenvalue weighted by atomic mass is 9.76. The minimum Gasteiger partial charge on any atom is -0.381 e. The van der Waals surface area contributed by atoms with Crippen molar-refractivity contribution < 1.29 is 13.2 Å². The Balaban J connectivity index is 2.62. The molecule has 108 valence electrons. The molecule has 0 aromatic rings. The predicted octanol–water partition coefficient (Wildman–Crippen LogP) is 3.01. The van der Waals surface area contributed by atoms with Crippen LogP contribution in [0.5, 0.6) is 0 Å². The van der Waals surface area contributed by atoms with Gasteiger partial charge < -0.3 is 4.74 Å². The Hall–Kier alpha value is 0.870. The SMILES string of the molecule is CCCOCCC(CBr)(CBr)C1CCS(=O)(=O)C1. The maximum atomic E-state index is 11.6. The lowest BCUT2D eigenvalue weighted by molar-refractivity contribution is 0.0910. The monoisotopic (exact) mass is 404 g/mol. The molecule has 18 heavy (non-hydrogen) atoms. The molecule has 0 aromatic carbocycles. The van der Waals surface area contributed by atoms with Gasteiger partial charge in [-0.1, -0.05) is 38.8 Å². The Labute approximate surface area is 127 Å². The van der Waals surface area contributed by atoms with Gasteiger partial charge in [0, 0.05) is 23.9 Å². The molecule has 1 heterocycles. The summed E-state index contributed by atoms with van der Waals surface area (Å²) in [5.74, 6) is 0.916. The summed E-state index contributed by atoms with van der Waals surface area (Å²) in [4.78, 5) is 0.